The largest absolute Gasteiger partial charge is 0.481 e. The number of anilines is 1. The molecule has 0 saturated heterocycles. The van der Waals surface area contributed by atoms with Crippen molar-refractivity contribution in [2.24, 2.45) is 5.73 Å². The van der Waals surface area contributed by atoms with E-state index in [2.05, 4.69) is 20.4 Å². The lowest BCUT2D eigenvalue weighted by molar-refractivity contribution is -0.137. The molecule has 10 heteroatoms. The van der Waals surface area contributed by atoms with Crippen molar-refractivity contribution in [1.29, 1.82) is 0 Å². The maximum atomic E-state index is 12.0. The zero-order valence-corrected chi connectivity index (χ0v) is 17.1. The average molecular weight is 424 g/mol. The first-order valence-corrected chi connectivity index (χ1v) is 9.71. The van der Waals surface area contributed by atoms with Crippen molar-refractivity contribution < 1.29 is 19.4 Å². The van der Waals surface area contributed by atoms with Crippen molar-refractivity contribution in [3.8, 4) is 5.88 Å². The van der Waals surface area contributed by atoms with Crippen molar-refractivity contribution in [3.63, 3.8) is 0 Å². The highest BCUT2D eigenvalue weighted by Gasteiger charge is 2.26. The number of nitrogens with zero attached hydrogens (tertiary/aromatic N) is 4. The number of aromatic nitrogens is 4. The van der Waals surface area contributed by atoms with Gasteiger partial charge in [-0.3, -0.25) is 14.3 Å². The Morgan fingerprint density at radius 2 is 2.10 bits per heavy atom. The van der Waals surface area contributed by atoms with E-state index in [1.807, 2.05) is 18.2 Å². The second-order valence-electron chi connectivity index (χ2n) is 6.83. The molecule has 0 aliphatic carbocycles. The number of carboxylic acids is 1. The van der Waals surface area contributed by atoms with Gasteiger partial charge in [-0.15, -0.1) is 0 Å². The third kappa shape index (κ3) is 5.78. The van der Waals surface area contributed by atoms with Crippen LogP contribution in [0.2, 0.25) is 0 Å². The van der Waals surface area contributed by atoms with Crippen LogP contribution < -0.4 is 15.8 Å². The summed E-state index contributed by atoms with van der Waals surface area (Å²) in [6.07, 6.45) is 5.24. The van der Waals surface area contributed by atoms with Crippen molar-refractivity contribution >= 4 is 17.7 Å². The van der Waals surface area contributed by atoms with Crippen LogP contribution in [0.25, 0.3) is 0 Å². The molecule has 162 valence electrons. The highest BCUT2D eigenvalue weighted by atomic mass is 16.5. The van der Waals surface area contributed by atoms with Crippen LogP contribution in [0, 0.1) is 0 Å². The van der Waals surface area contributed by atoms with Gasteiger partial charge in [0.25, 0.3) is 5.91 Å². The van der Waals surface area contributed by atoms with Gasteiger partial charge in [0.1, 0.15) is 5.82 Å². The number of hydrogen-bond acceptors (Lipinski definition) is 7. The summed E-state index contributed by atoms with van der Waals surface area (Å²) in [5.74, 6) is -1.18. The minimum atomic E-state index is -1.02. The Kier molecular flexibility index (Phi) is 7.15. The van der Waals surface area contributed by atoms with E-state index in [9.17, 15) is 14.7 Å². The summed E-state index contributed by atoms with van der Waals surface area (Å²) in [5, 5.41) is 17.1. The second-order valence-corrected chi connectivity index (χ2v) is 6.83. The lowest BCUT2D eigenvalue weighted by Gasteiger charge is -2.14. The maximum Gasteiger partial charge on any atom is 0.304 e. The smallest absolute Gasteiger partial charge is 0.304 e. The van der Waals surface area contributed by atoms with Crippen molar-refractivity contribution in [2.45, 2.75) is 25.3 Å². The second kappa shape index (κ2) is 10.2. The van der Waals surface area contributed by atoms with Gasteiger partial charge >= 0.3 is 5.97 Å². The molecule has 4 N–H and O–H groups in total. The van der Waals surface area contributed by atoms with Crippen LogP contribution in [0.1, 0.15) is 40.4 Å². The van der Waals surface area contributed by atoms with E-state index in [1.165, 1.54) is 13.3 Å². The van der Waals surface area contributed by atoms with Crippen LogP contribution in [0.15, 0.2) is 48.9 Å². The Morgan fingerprint density at radius 1 is 1.26 bits per heavy atom. The predicted molar refractivity (Wildman–Crippen MR) is 113 cm³/mol. The predicted octanol–water partition coefficient (Wildman–Crippen LogP) is 1.89. The number of nitrogens with one attached hydrogen (secondary N) is 1. The van der Waals surface area contributed by atoms with E-state index in [-0.39, 0.29) is 12.0 Å². The maximum absolute atomic E-state index is 12.0. The summed E-state index contributed by atoms with van der Waals surface area (Å²) < 4.78 is 6.67. The lowest BCUT2D eigenvalue weighted by Crippen LogP contribution is -2.17. The number of carbonyl (C=O) groups is 2. The van der Waals surface area contributed by atoms with Crippen molar-refractivity contribution in [1.82, 2.24) is 19.7 Å². The van der Waals surface area contributed by atoms with Gasteiger partial charge in [0, 0.05) is 43.7 Å². The van der Waals surface area contributed by atoms with Crippen LogP contribution in [-0.4, -0.2) is 50.4 Å². The van der Waals surface area contributed by atoms with Gasteiger partial charge in [-0.2, -0.15) is 5.10 Å². The Bertz CT molecular complexity index is 1020. The van der Waals surface area contributed by atoms with Gasteiger partial charge in [0.05, 0.1) is 24.8 Å². The van der Waals surface area contributed by atoms with Gasteiger partial charge in [0.15, 0.2) is 0 Å². The molecular weight excluding hydrogens is 400 g/mol. The number of amides is 1. The lowest BCUT2D eigenvalue weighted by atomic mass is 9.91. The SMILES string of the molecule is COc1ccc([C@H](CC(=O)O)c2nn(CCCNc3ccccn3)cc2C(N)=O)cn1. The number of pyridine rings is 2. The van der Waals surface area contributed by atoms with E-state index < -0.39 is 17.8 Å². The summed E-state index contributed by atoms with van der Waals surface area (Å²) in [6.45, 7) is 1.17. The fourth-order valence-electron chi connectivity index (χ4n) is 3.19. The monoisotopic (exact) mass is 424 g/mol. The van der Waals surface area contributed by atoms with Gasteiger partial charge in [-0.25, -0.2) is 9.97 Å². The van der Waals surface area contributed by atoms with Crippen LogP contribution in [0.4, 0.5) is 5.82 Å². The molecule has 3 aromatic heterocycles. The summed E-state index contributed by atoms with van der Waals surface area (Å²) in [5.41, 5.74) is 6.67. The molecule has 31 heavy (non-hydrogen) atoms. The zero-order valence-electron chi connectivity index (χ0n) is 17.1. The molecule has 3 rings (SSSR count). The summed E-state index contributed by atoms with van der Waals surface area (Å²) in [4.78, 5) is 31.9. The van der Waals surface area contributed by atoms with Gasteiger partial charge in [-0.1, -0.05) is 12.1 Å². The van der Waals surface area contributed by atoms with E-state index in [1.54, 1.807) is 29.2 Å². The van der Waals surface area contributed by atoms with E-state index in [0.29, 0.717) is 36.6 Å². The average Bonchev–Trinajstić information content (AvgIpc) is 3.20. The number of primary amides is 1. The molecule has 0 spiro atoms. The van der Waals surface area contributed by atoms with Crippen LogP contribution in [-0.2, 0) is 11.3 Å². The number of nitrogens with two attached hydrogens (primary N) is 1. The minimum Gasteiger partial charge on any atom is -0.481 e. The molecule has 0 aliphatic heterocycles. The molecule has 3 heterocycles. The Hall–Kier alpha value is -3.95. The normalized spacial score (nSPS) is 11.6. The third-order valence-corrected chi connectivity index (χ3v) is 4.67. The number of aliphatic carboxylic acids is 1. The molecule has 1 atom stereocenters. The minimum absolute atomic E-state index is 0.194. The first-order chi connectivity index (χ1) is 15.0. The fourth-order valence-corrected chi connectivity index (χ4v) is 3.19. The molecule has 0 radical (unpaired) electrons. The first-order valence-electron chi connectivity index (χ1n) is 9.71. The fraction of sp³-hybridized carbons (Fsp3) is 0.286. The van der Waals surface area contributed by atoms with Crippen LogP contribution in [0.3, 0.4) is 0 Å². The number of aryl methyl sites for hydroxylation is 1. The molecule has 0 unspecified atom stereocenters. The molecule has 0 bridgehead atoms. The third-order valence-electron chi connectivity index (χ3n) is 4.67. The molecule has 0 fully saturated rings. The number of carbonyl (C=O) groups excluding carboxylic acids is 1. The number of methoxy groups -OCH3 is 1. The molecule has 0 saturated carbocycles. The van der Waals surface area contributed by atoms with E-state index >= 15 is 0 Å². The number of rotatable bonds is 11. The van der Waals surface area contributed by atoms with E-state index in [0.717, 1.165) is 5.82 Å². The summed E-state index contributed by atoms with van der Waals surface area (Å²) in [6, 6.07) is 8.95. The van der Waals surface area contributed by atoms with E-state index in [4.69, 9.17) is 10.5 Å². The molecule has 0 aliphatic rings. The summed E-state index contributed by atoms with van der Waals surface area (Å²) >= 11 is 0. The number of hydrogen-bond donors (Lipinski definition) is 3. The topological polar surface area (TPSA) is 145 Å². The van der Waals surface area contributed by atoms with Gasteiger partial charge in [0.2, 0.25) is 5.88 Å². The van der Waals surface area contributed by atoms with Crippen molar-refractivity contribution in [2.75, 3.05) is 19.0 Å². The molecule has 3 aromatic rings. The summed E-state index contributed by atoms with van der Waals surface area (Å²) in [7, 11) is 1.49. The molecule has 1 amide bonds. The van der Waals surface area contributed by atoms with Gasteiger partial charge in [-0.05, 0) is 24.1 Å². The highest BCUT2D eigenvalue weighted by molar-refractivity contribution is 5.94. The quantitative estimate of drug-likeness (QED) is 0.396. The highest BCUT2D eigenvalue weighted by Crippen LogP contribution is 2.30. The Labute approximate surface area is 179 Å². The molecule has 10 nitrogen and oxygen atoms in total. The molecular formula is C21H24N6O4. The van der Waals surface area contributed by atoms with Gasteiger partial charge < -0.3 is 20.9 Å². The molecule has 0 aromatic carbocycles. The van der Waals surface area contributed by atoms with Crippen molar-refractivity contribution in [3.05, 3.63) is 65.7 Å². The number of carboxylic acid groups (broad SMARTS) is 1. The Morgan fingerprint density at radius 3 is 2.71 bits per heavy atom. The zero-order chi connectivity index (χ0) is 22.2. The Balaban J connectivity index is 1.78. The van der Waals surface area contributed by atoms with Crippen LogP contribution >= 0.6 is 0 Å². The van der Waals surface area contributed by atoms with Crippen LogP contribution in [0.5, 0.6) is 5.88 Å². The first kappa shape index (κ1) is 21.8. The standard InChI is InChI=1S/C21H24N6O4/c1-31-18-7-6-14(12-25-18)15(11-19(28)29)20-16(21(22)30)13-27(26-20)10-4-9-24-17-5-2-3-8-23-17/h2-3,5-8,12-13,15H,4,9-11H2,1H3,(H2,22,30)(H,23,24)(H,28,29)/t15-/m0/s1. The number of ether oxygens (including phenoxy) is 1.